The quantitative estimate of drug-likeness (QED) is 0.241. The molecular weight excluding hydrogens is 476 g/mol. The highest BCUT2D eigenvalue weighted by molar-refractivity contribution is 5.96. The van der Waals surface area contributed by atoms with Crippen molar-refractivity contribution in [3.05, 3.63) is 89.9 Å². The number of anilines is 2. The number of nitrogens with one attached hydrogen (secondary N) is 3. The minimum atomic E-state index is -1.20. The number of fused-ring (bicyclic) bond motifs is 1. The summed E-state index contributed by atoms with van der Waals surface area (Å²) in [5.74, 6) is -1.54. The predicted octanol–water partition coefficient (Wildman–Crippen LogP) is 2.47. The number of carboxylic acids is 1. The summed E-state index contributed by atoms with van der Waals surface area (Å²) in [5.41, 5.74) is 3.44. The lowest BCUT2D eigenvalue weighted by Crippen LogP contribution is -2.37. The van der Waals surface area contributed by atoms with Gasteiger partial charge < -0.3 is 25.9 Å². The first-order valence-electron chi connectivity index (χ1n) is 11.2. The Morgan fingerprint density at radius 3 is 2.27 bits per heavy atom. The van der Waals surface area contributed by atoms with Crippen LogP contribution in [0.2, 0.25) is 0 Å². The van der Waals surface area contributed by atoms with E-state index in [2.05, 4.69) is 30.9 Å². The Balaban J connectivity index is 1.29. The molecule has 4 aromatic rings. The van der Waals surface area contributed by atoms with Gasteiger partial charge in [0.2, 0.25) is 0 Å². The van der Waals surface area contributed by atoms with Gasteiger partial charge in [0, 0.05) is 17.4 Å². The average molecular weight is 498 g/mol. The SMILES string of the molecule is O=CC(CC(=O)O)NC(=O)c1ccc(CNC(=O)c2ccc(Nc3cnc4ccccc4n3)cc2)nc1. The topological polar surface area (TPSA) is 163 Å². The molecule has 0 saturated heterocycles. The molecule has 2 amide bonds. The molecule has 0 aliphatic carbocycles. The fraction of sp³-hybridized carbons (Fsp3) is 0.115. The van der Waals surface area contributed by atoms with Crippen LogP contribution in [0.1, 0.15) is 32.8 Å². The number of pyridine rings is 1. The summed E-state index contributed by atoms with van der Waals surface area (Å²) in [6, 6.07) is 16.3. The number of benzene rings is 2. The van der Waals surface area contributed by atoms with Gasteiger partial charge in [-0.2, -0.15) is 0 Å². The van der Waals surface area contributed by atoms with Gasteiger partial charge in [0.05, 0.1) is 47.5 Å². The first-order valence-corrected chi connectivity index (χ1v) is 11.2. The molecule has 0 bridgehead atoms. The summed E-state index contributed by atoms with van der Waals surface area (Å²) < 4.78 is 0. The van der Waals surface area contributed by atoms with E-state index in [9.17, 15) is 19.2 Å². The molecule has 2 aromatic carbocycles. The second-order valence-corrected chi connectivity index (χ2v) is 7.98. The van der Waals surface area contributed by atoms with Crippen molar-refractivity contribution in [1.82, 2.24) is 25.6 Å². The number of aliphatic carboxylic acids is 1. The van der Waals surface area contributed by atoms with Gasteiger partial charge in [-0.25, -0.2) is 4.98 Å². The molecule has 0 aliphatic heterocycles. The van der Waals surface area contributed by atoms with Crippen LogP contribution < -0.4 is 16.0 Å². The third kappa shape index (κ3) is 6.69. The molecule has 37 heavy (non-hydrogen) atoms. The molecule has 4 rings (SSSR count). The van der Waals surface area contributed by atoms with Gasteiger partial charge in [0.25, 0.3) is 11.8 Å². The van der Waals surface area contributed by atoms with Gasteiger partial charge in [-0.3, -0.25) is 24.4 Å². The lowest BCUT2D eigenvalue weighted by molar-refractivity contribution is -0.138. The first-order chi connectivity index (χ1) is 17.9. The zero-order valence-corrected chi connectivity index (χ0v) is 19.4. The number of hydrogen-bond acceptors (Lipinski definition) is 8. The first kappa shape index (κ1) is 24.9. The van der Waals surface area contributed by atoms with Gasteiger partial charge in [-0.05, 0) is 48.5 Å². The van der Waals surface area contributed by atoms with Crippen molar-refractivity contribution in [1.29, 1.82) is 0 Å². The van der Waals surface area contributed by atoms with Crippen molar-refractivity contribution in [2.75, 3.05) is 5.32 Å². The highest BCUT2D eigenvalue weighted by atomic mass is 16.4. The predicted molar refractivity (Wildman–Crippen MR) is 134 cm³/mol. The average Bonchev–Trinajstić information content (AvgIpc) is 2.91. The Morgan fingerprint density at radius 2 is 1.59 bits per heavy atom. The standard InChI is InChI=1S/C26H22N6O5/c33-15-20(11-24(34)35)31-26(37)17-7-10-19(27-12-17)13-29-25(36)16-5-8-18(9-6-16)30-23-14-28-21-3-1-2-4-22(21)32-23/h1-10,12,14-15,20H,11,13H2,(H,29,36)(H,30,32)(H,31,37)(H,34,35). The van der Waals surface area contributed by atoms with E-state index in [0.29, 0.717) is 23.4 Å². The molecule has 1 atom stereocenters. The summed E-state index contributed by atoms with van der Waals surface area (Å²) >= 11 is 0. The molecule has 2 aromatic heterocycles. The third-order valence-electron chi connectivity index (χ3n) is 5.26. The van der Waals surface area contributed by atoms with Crippen LogP contribution in [0, 0.1) is 0 Å². The lowest BCUT2D eigenvalue weighted by atomic mass is 10.2. The monoisotopic (exact) mass is 498 g/mol. The van der Waals surface area contributed by atoms with Gasteiger partial charge in [-0.1, -0.05) is 12.1 Å². The minimum Gasteiger partial charge on any atom is -0.481 e. The molecule has 11 heteroatoms. The second kappa shape index (κ2) is 11.5. The Bertz CT molecular complexity index is 1440. The van der Waals surface area contributed by atoms with Crippen LogP contribution in [0.5, 0.6) is 0 Å². The summed E-state index contributed by atoms with van der Waals surface area (Å²) in [4.78, 5) is 59.4. The number of carbonyl (C=O) groups excluding carboxylic acids is 3. The van der Waals surface area contributed by atoms with E-state index >= 15 is 0 Å². The van der Waals surface area contributed by atoms with E-state index in [4.69, 9.17) is 5.11 Å². The van der Waals surface area contributed by atoms with Crippen LogP contribution in [0.3, 0.4) is 0 Å². The van der Waals surface area contributed by atoms with Crippen LogP contribution in [0.4, 0.5) is 11.5 Å². The molecule has 0 spiro atoms. The molecule has 2 heterocycles. The Labute approximate surface area is 211 Å². The van der Waals surface area contributed by atoms with Crippen LogP contribution in [0.15, 0.2) is 73.1 Å². The molecular formula is C26H22N6O5. The lowest BCUT2D eigenvalue weighted by Gasteiger charge is -2.11. The van der Waals surface area contributed by atoms with E-state index in [-0.39, 0.29) is 18.0 Å². The van der Waals surface area contributed by atoms with Crippen molar-refractivity contribution < 1.29 is 24.3 Å². The maximum Gasteiger partial charge on any atom is 0.305 e. The van der Waals surface area contributed by atoms with Crippen molar-refractivity contribution >= 4 is 46.6 Å². The number of rotatable bonds is 10. The fourth-order valence-corrected chi connectivity index (χ4v) is 3.38. The van der Waals surface area contributed by atoms with Gasteiger partial charge in [0.15, 0.2) is 0 Å². The molecule has 0 aliphatic rings. The van der Waals surface area contributed by atoms with E-state index in [0.717, 1.165) is 16.7 Å². The van der Waals surface area contributed by atoms with Crippen molar-refractivity contribution in [2.24, 2.45) is 0 Å². The fourth-order valence-electron chi connectivity index (χ4n) is 3.38. The van der Waals surface area contributed by atoms with Crippen LogP contribution >= 0.6 is 0 Å². The Morgan fingerprint density at radius 1 is 0.865 bits per heavy atom. The summed E-state index contributed by atoms with van der Waals surface area (Å²) in [6.07, 6.45) is 2.78. The Hall–Kier alpha value is -5.19. The van der Waals surface area contributed by atoms with Crippen molar-refractivity contribution in [2.45, 2.75) is 19.0 Å². The Kier molecular flexibility index (Phi) is 7.74. The van der Waals surface area contributed by atoms with Gasteiger partial charge in [0.1, 0.15) is 12.1 Å². The zero-order valence-electron chi connectivity index (χ0n) is 19.4. The number of aldehydes is 1. The number of para-hydroxylation sites is 2. The normalized spacial score (nSPS) is 11.4. The van der Waals surface area contributed by atoms with E-state index in [1.165, 1.54) is 12.3 Å². The number of carboxylic acid groups (broad SMARTS) is 1. The smallest absolute Gasteiger partial charge is 0.305 e. The summed E-state index contributed by atoms with van der Waals surface area (Å²) in [5, 5.41) is 17.0. The molecule has 0 fully saturated rings. The minimum absolute atomic E-state index is 0.128. The molecule has 1 unspecified atom stereocenters. The highest BCUT2D eigenvalue weighted by Gasteiger charge is 2.16. The van der Waals surface area contributed by atoms with E-state index in [1.807, 2.05) is 24.3 Å². The number of amides is 2. The maximum atomic E-state index is 12.5. The van der Waals surface area contributed by atoms with Crippen LogP contribution in [-0.4, -0.2) is 50.2 Å². The molecule has 4 N–H and O–H groups in total. The van der Waals surface area contributed by atoms with Crippen LogP contribution in [0.25, 0.3) is 11.0 Å². The van der Waals surface area contributed by atoms with Crippen LogP contribution in [-0.2, 0) is 16.1 Å². The molecule has 0 saturated carbocycles. The van der Waals surface area contributed by atoms with E-state index < -0.39 is 24.3 Å². The number of nitrogens with zero attached hydrogens (tertiary/aromatic N) is 3. The highest BCUT2D eigenvalue weighted by Crippen LogP contribution is 2.17. The molecule has 11 nitrogen and oxygen atoms in total. The maximum absolute atomic E-state index is 12.5. The third-order valence-corrected chi connectivity index (χ3v) is 5.26. The number of carbonyl (C=O) groups is 4. The number of aromatic nitrogens is 3. The van der Waals surface area contributed by atoms with Crippen molar-refractivity contribution in [3.63, 3.8) is 0 Å². The van der Waals surface area contributed by atoms with Gasteiger partial charge >= 0.3 is 5.97 Å². The summed E-state index contributed by atoms with van der Waals surface area (Å²) in [7, 11) is 0. The largest absolute Gasteiger partial charge is 0.481 e. The van der Waals surface area contributed by atoms with E-state index in [1.54, 1.807) is 36.5 Å². The molecule has 0 radical (unpaired) electrons. The van der Waals surface area contributed by atoms with Crippen molar-refractivity contribution in [3.8, 4) is 0 Å². The second-order valence-electron chi connectivity index (χ2n) is 7.98. The molecule has 186 valence electrons. The summed E-state index contributed by atoms with van der Waals surface area (Å²) in [6.45, 7) is 0.128. The number of hydrogen-bond donors (Lipinski definition) is 4. The zero-order chi connectivity index (χ0) is 26.2. The van der Waals surface area contributed by atoms with Gasteiger partial charge in [-0.15, -0.1) is 0 Å².